The van der Waals surface area contributed by atoms with Crippen molar-refractivity contribution < 1.29 is 14.3 Å². The van der Waals surface area contributed by atoms with Crippen LogP contribution in [0.3, 0.4) is 0 Å². The van der Waals surface area contributed by atoms with Crippen molar-refractivity contribution in [3.8, 4) is 0 Å². The average Bonchev–Trinajstić information content (AvgIpc) is 2.65. The summed E-state index contributed by atoms with van der Waals surface area (Å²) >= 11 is 0. The van der Waals surface area contributed by atoms with E-state index >= 15 is 0 Å². The fourth-order valence-electron chi connectivity index (χ4n) is 3.06. The number of ether oxygens (including phenoxy) is 1. The Balaban J connectivity index is 3.15. The van der Waals surface area contributed by atoms with Crippen LogP contribution >= 0.6 is 0 Å². The highest BCUT2D eigenvalue weighted by Crippen LogP contribution is 2.27. The van der Waals surface area contributed by atoms with Gasteiger partial charge >= 0.3 is 5.97 Å². The second kappa shape index (κ2) is 10.7. The number of rotatable bonds is 7. The van der Waals surface area contributed by atoms with Gasteiger partial charge in [-0.05, 0) is 55.4 Å². The van der Waals surface area contributed by atoms with Gasteiger partial charge in [0.15, 0.2) is 0 Å². The molecule has 0 spiro atoms. The van der Waals surface area contributed by atoms with E-state index in [1.54, 1.807) is 21.0 Å². The molecule has 0 bridgehead atoms. The van der Waals surface area contributed by atoms with Crippen LogP contribution in [0.1, 0.15) is 62.8 Å². The second-order valence-electron chi connectivity index (χ2n) is 6.64. The van der Waals surface area contributed by atoms with Gasteiger partial charge in [0, 0.05) is 14.1 Å². The molecule has 0 saturated carbocycles. The number of hydrogen-bond acceptors (Lipinski definition) is 4. The highest BCUT2D eigenvalue weighted by molar-refractivity contribution is 6.35. The molecule has 0 aliphatic heterocycles. The zero-order chi connectivity index (χ0) is 20.6. The molecule has 1 N–H and O–H groups in total. The number of amidine groups is 1. The number of hydrogen-bond donors (Lipinski definition) is 1. The van der Waals surface area contributed by atoms with Crippen molar-refractivity contribution in [1.82, 2.24) is 10.3 Å². The Bertz CT molecular complexity index is 671. The smallest absolute Gasteiger partial charge is 0.375 e. The fraction of sp³-hybridized carbons (Fsp3) is 0.571. The van der Waals surface area contributed by atoms with Gasteiger partial charge < -0.3 is 9.64 Å². The first-order valence-corrected chi connectivity index (χ1v) is 9.66. The van der Waals surface area contributed by atoms with Gasteiger partial charge in [-0.2, -0.15) is 0 Å². The summed E-state index contributed by atoms with van der Waals surface area (Å²) in [4.78, 5) is 26.2. The molecule has 1 rings (SSSR count). The van der Waals surface area contributed by atoms with Crippen molar-refractivity contribution in [3.63, 3.8) is 0 Å². The molecule has 6 heteroatoms. The van der Waals surface area contributed by atoms with Gasteiger partial charge in [0.25, 0.3) is 0 Å². The van der Waals surface area contributed by atoms with Gasteiger partial charge in [-0.15, -0.1) is 5.10 Å². The van der Waals surface area contributed by atoms with Crippen LogP contribution in [0.25, 0.3) is 0 Å². The van der Waals surface area contributed by atoms with Crippen LogP contribution in [0.5, 0.6) is 0 Å². The Labute approximate surface area is 163 Å². The number of aryl methyl sites for hydroxylation is 3. The summed E-state index contributed by atoms with van der Waals surface area (Å²) < 4.78 is 4.98. The quantitative estimate of drug-likeness (QED) is 0.344. The minimum atomic E-state index is -0.564. The summed E-state index contributed by atoms with van der Waals surface area (Å²) in [5.41, 5.74) is 7.27. The lowest BCUT2D eigenvalue weighted by Crippen LogP contribution is -2.36. The summed E-state index contributed by atoms with van der Waals surface area (Å²) in [5.74, 6) is -1.11. The van der Waals surface area contributed by atoms with Gasteiger partial charge in [0.05, 0.1) is 12.5 Å². The van der Waals surface area contributed by atoms with Crippen molar-refractivity contribution >= 4 is 17.7 Å². The molecule has 0 aromatic heterocycles. The van der Waals surface area contributed by atoms with E-state index in [2.05, 4.69) is 43.4 Å². The first kappa shape index (κ1) is 22.7. The Kier molecular flexibility index (Phi) is 8.98. The molecule has 0 aliphatic rings. The third kappa shape index (κ3) is 5.81. The topological polar surface area (TPSA) is 71.0 Å². The normalized spacial score (nSPS) is 12.5. The standard InChI is InChI=1S/C21H33N3O3/c1-8-15-12-16(9-2)18(17(10-3)13-15)14(5)20(25)23-22-19(24(6)7)21(26)27-11-4/h12-14H,8-11H2,1-7H3,(H,23,25). The van der Waals surface area contributed by atoms with Crippen LogP contribution < -0.4 is 5.43 Å². The predicted octanol–water partition coefficient (Wildman–Crippen LogP) is 3.03. The van der Waals surface area contributed by atoms with Crippen LogP contribution in [0, 0.1) is 0 Å². The van der Waals surface area contributed by atoms with E-state index in [1.807, 2.05) is 6.92 Å². The maximum absolute atomic E-state index is 12.8. The van der Waals surface area contributed by atoms with Crippen molar-refractivity contribution in [2.45, 2.75) is 59.8 Å². The number of carbonyl (C=O) groups is 2. The van der Waals surface area contributed by atoms with Gasteiger partial charge in [0.1, 0.15) is 0 Å². The lowest BCUT2D eigenvalue weighted by molar-refractivity contribution is -0.135. The SMILES string of the molecule is CCOC(=O)C(=NNC(=O)C(C)c1c(CC)cc(CC)cc1CC)N(C)C. The predicted molar refractivity (Wildman–Crippen MR) is 109 cm³/mol. The molecular weight excluding hydrogens is 342 g/mol. The monoisotopic (exact) mass is 375 g/mol. The highest BCUT2D eigenvalue weighted by Gasteiger charge is 2.22. The molecule has 0 radical (unpaired) electrons. The average molecular weight is 376 g/mol. The lowest BCUT2D eigenvalue weighted by atomic mass is 9.86. The van der Waals surface area contributed by atoms with Crippen LogP contribution in [0.2, 0.25) is 0 Å². The summed E-state index contributed by atoms with van der Waals surface area (Å²) in [6.45, 7) is 10.2. The zero-order valence-electron chi connectivity index (χ0n) is 17.7. The zero-order valence-corrected chi connectivity index (χ0v) is 17.7. The number of amides is 1. The Morgan fingerprint density at radius 2 is 1.63 bits per heavy atom. The molecule has 1 aromatic rings. The molecule has 0 heterocycles. The van der Waals surface area contributed by atoms with Crippen LogP contribution in [-0.2, 0) is 33.6 Å². The first-order valence-electron chi connectivity index (χ1n) is 9.66. The van der Waals surface area contributed by atoms with Gasteiger partial charge in [-0.1, -0.05) is 32.9 Å². The Morgan fingerprint density at radius 3 is 2.04 bits per heavy atom. The van der Waals surface area contributed by atoms with Crippen LogP contribution in [0.15, 0.2) is 17.2 Å². The first-order chi connectivity index (χ1) is 12.8. The Morgan fingerprint density at radius 1 is 1.07 bits per heavy atom. The van der Waals surface area contributed by atoms with E-state index in [0.717, 1.165) is 24.8 Å². The highest BCUT2D eigenvalue weighted by atomic mass is 16.5. The van der Waals surface area contributed by atoms with Gasteiger partial charge in [-0.3, -0.25) is 4.79 Å². The number of nitrogens with zero attached hydrogens (tertiary/aromatic N) is 2. The molecule has 1 aromatic carbocycles. The third-order valence-electron chi connectivity index (χ3n) is 4.56. The molecule has 6 nitrogen and oxygen atoms in total. The van der Waals surface area contributed by atoms with Crippen LogP contribution in [-0.4, -0.2) is 43.3 Å². The van der Waals surface area contributed by atoms with Gasteiger partial charge in [-0.25, -0.2) is 10.2 Å². The Hall–Kier alpha value is -2.37. The summed E-state index contributed by atoms with van der Waals surface area (Å²) in [6.07, 6.45) is 2.70. The number of nitrogens with one attached hydrogen (secondary N) is 1. The van der Waals surface area contributed by atoms with Crippen molar-refractivity contribution in [3.05, 3.63) is 34.4 Å². The van der Waals surface area contributed by atoms with E-state index < -0.39 is 5.97 Å². The third-order valence-corrected chi connectivity index (χ3v) is 4.56. The maximum Gasteiger partial charge on any atom is 0.375 e. The number of hydrazone groups is 1. The van der Waals surface area contributed by atoms with Crippen LogP contribution in [0.4, 0.5) is 0 Å². The number of carbonyl (C=O) groups excluding carboxylic acids is 2. The van der Waals surface area contributed by atoms with E-state index in [1.165, 1.54) is 21.6 Å². The van der Waals surface area contributed by atoms with Gasteiger partial charge in [0.2, 0.25) is 11.7 Å². The largest absolute Gasteiger partial charge is 0.460 e. The number of esters is 1. The van der Waals surface area contributed by atoms with E-state index in [-0.39, 0.29) is 24.3 Å². The molecule has 0 saturated heterocycles. The van der Waals surface area contributed by atoms with E-state index in [9.17, 15) is 9.59 Å². The minimum Gasteiger partial charge on any atom is -0.460 e. The van der Waals surface area contributed by atoms with Crippen molar-refractivity contribution in [2.75, 3.05) is 20.7 Å². The molecule has 1 atom stereocenters. The minimum absolute atomic E-state index is 0.0603. The fourth-order valence-corrected chi connectivity index (χ4v) is 3.06. The molecule has 1 amide bonds. The van der Waals surface area contributed by atoms with Crippen molar-refractivity contribution in [2.24, 2.45) is 5.10 Å². The summed E-state index contributed by atoms with van der Waals surface area (Å²) in [5, 5.41) is 4.00. The molecule has 150 valence electrons. The molecular formula is C21H33N3O3. The van der Waals surface area contributed by atoms with Crippen molar-refractivity contribution in [1.29, 1.82) is 0 Å². The molecule has 0 fully saturated rings. The summed E-state index contributed by atoms with van der Waals surface area (Å²) in [7, 11) is 3.36. The number of benzene rings is 1. The molecule has 1 unspecified atom stereocenters. The molecule has 27 heavy (non-hydrogen) atoms. The van der Waals surface area contributed by atoms with E-state index in [4.69, 9.17) is 4.74 Å². The maximum atomic E-state index is 12.8. The summed E-state index contributed by atoms with van der Waals surface area (Å²) in [6, 6.07) is 4.37. The lowest BCUT2D eigenvalue weighted by Gasteiger charge is -2.20. The number of likely N-dealkylation sites (N-methyl/N-ethyl adjacent to an activating group) is 1. The van der Waals surface area contributed by atoms with E-state index in [0.29, 0.717) is 0 Å². The second-order valence-corrected chi connectivity index (χ2v) is 6.64. The molecule has 0 aliphatic carbocycles.